The Morgan fingerprint density at radius 2 is 1.55 bits per heavy atom. The summed E-state index contributed by atoms with van der Waals surface area (Å²) in [6.07, 6.45) is -4.65. The van der Waals surface area contributed by atoms with Crippen LogP contribution >= 0.6 is 23.2 Å². The number of hydrogen-bond donors (Lipinski definition) is 0. The Kier molecular flexibility index (Phi) is 4.06. The minimum Gasteiger partial charge on any atom is -0.288 e. The molecule has 0 aliphatic heterocycles. The van der Waals surface area contributed by atoms with E-state index in [0.717, 1.165) is 12.1 Å². The first-order valence-corrected chi connectivity index (χ1v) is 6.23. The van der Waals surface area contributed by atoms with Crippen molar-refractivity contribution in [2.45, 2.75) is 6.18 Å². The maximum atomic E-state index is 12.8. The number of benzene rings is 2. The van der Waals surface area contributed by atoms with Crippen molar-refractivity contribution < 1.29 is 18.0 Å². The van der Waals surface area contributed by atoms with Crippen LogP contribution in [0.2, 0.25) is 10.0 Å². The molecule has 104 valence electrons. The molecule has 0 bridgehead atoms. The number of hydrogen-bond acceptors (Lipinski definition) is 1. The SMILES string of the molecule is O=C(c1ccccc1)c1c(Cl)ccc(C(F)(F)F)c1Cl. The molecule has 0 N–H and O–H groups in total. The van der Waals surface area contributed by atoms with Gasteiger partial charge >= 0.3 is 6.18 Å². The topological polar surface area (TPSA) is 17.1 Å². The number of alkyl halides is 3. The molecular weight excluding hydrogens is 312 g/mol. The van der Waals surface area contributed by atoms with Gasteiger partial charge in [-0.3, -0.25) is 4.79 Å². The summed E-state index contributed by atoms with van der Waals surface area (Å²) >= 11 is 11.5. The monoisotopic (exact) mass is 318 g/mol. The van der Waals surface area contributed by atoms with Crippen molar-refractivity contribution in [3.63, 3.8) is 0 Å². The van der Waals surface area contributed by atoms with Crippen LogP contribution in [-0.2, 0) is 6.18 Å². The van der Waals surface area contributed by atoms with E-state index in [9.17, 15) is 18.0 Å². The van der Waals surface area contributed by atoms with Crippen molar-refractivity contribution >= 4 is 29.0 Å². The van der Waals surface area contributed by atoms with Crippen LogP contribution in [0.15, 0.2) is 42.5 Å². The number of carbonyl (C=O) groups excluding carboxylic acids is 1. The molecule has 20 heavy (non-hydrogen) atoms. The van der Waals surface area contributed by atoms with Gasteiger partial charge in [-0.2, -0.15) is 13.2 Å². The molecule has 6 heteroatoms. The molecule has 1 nitrogen and oxygen atoms in total. The first-order chi connectivity index (χ1) is 9.32. The van der Waals surface area contributed by atoms with Gasteiger partial charge in [-0.1, -0.05) is 53.5 Å². The Labute approximate surface area is 122 Å². The molecule has 0 atom stereocenters. The van der Waals surface area contributed by atoms with Crippen LogP contribution in [0.3, 0.4) is 0 Å². The van der Waals surface area contributed by atoms with Gasteiger partial charge in [0.05, 0.1) is 21.2 Å². The zero-order valence-corrected chi connectivity index (χ0v) is 11.4. The molecule has 2 rings (SSSR count). The van der Waals surface area contributed by atoms with E-state index in [1.807, 2.05) is 0 Å². The molecule has 0 heterocycles. The lowest BCUT2D eigenvalue weighted by atomic mass is 10.0. The van der Waals surface area contributed by atoms with Gasteiger partial charge in [-0.15, -0.1) is 0 Å². The number of carbonyl (C=O) groups is 1. The summed E-state index contributed by atoms with van der Waals surface area (Å²) in [6.45, 7) is 0. The highest BCUT2D eigenvalue weighted by molar-refractivity contribution is 6.41. The summed E-state index contributed by atoms with van der Waals surface area (Å²) in [4.78, 5) is 12.2. The second kappa shape index (κ2) is 5.46. The van der Waals surface area contributed by atoms with Crippen molar-refractivity contribution in [1.29, 1.82) is 0 Å². The average molecular weight is 319 g/mol. The smallest absolute Gasteiger partial charge is 0.288 e. The average Bonchev–Trinajstić information content (AvgIpc) is 2.38. The third-order valence-corrected chi connectivity index (χ3v) is 3.37. The van der Waals surface area contributed by atoms with E-state index < -0.39 is 22.5 Å². The Morgan fingerprint density at radius 1 is 0.950 bits per heavy atom. The maximum Gasteiger partial charge on any atom is 0.417 e. The second-order valence-corrected chi connectivity index (χ2v) is 4.76. The summed E-state index contributed by atoms with van der Waals surface area (Å²) < 4.78 is 38.4. The largest absolute Gasteiger partial charge is 0.417 e. The molecule has 0 amide bonds. The third kappa shape index (κ3) is 2.81. The molecule has 0 aliphatic rings. The van der Waals surface area contributed by atoms with Crippen LogP contribution in [0.5, 0.6) is 0 Å². The van der Waals surface area contributed by atoms with Crippen molar-refractivity contribution in [1.82, 2.24) is 0 Å². The molecule has 0 aromatic heterocycles. The summed E-state index contributed by atoms with van der Waals surface area (Å²) in [5.74, 6) is -0.647. The summed E-state index contributed by atoms with van der Waals surface area (Å²) in [5.41, 5.74) is -1.20. The van der Waals surface area contributed by atoms with E-state index in [1.54, 1.807) is 18.2 Å². The van der Waals surface area contributed by atoms with Crippen LogP contribution in [-0.4, -0.2) is 5.78 Å². The lowest BCUT2D eigenvalue weighted by molar-refractivity contribution is -0.137. The van der Waals surface area contributed by atoms with Gasteiger partial charge in [0.2, 0.25) is 0 Å². The fraction of sp³-hybridized carbons (Fsp3) is 0.0714. The minimum atomic E-state index is -4.65. The van der Waals surface area contributed by atoms with Gasteiger partial charge < -0.3 is 0 Å². The molecule has 0 spiro atoms. The lowest BCUT2D eigenvalue weighted by Gasteiger charge is -2.13. The van der Waals surface area contributed by atoms with E-state index >= 15 is 0 Å². The quantitative estimate of drug-likeness (QED) is 0.692. The molecule has 0 unspecified atom stereocenters. The van der Waals surface area contributed by atoms with E-state index in [2.05, 4.69) is 0 Å². The molecule has 2 aromatic rings. The maximum absolute atomic E-state index is 12.8. The highest BCUT2D eigenvalue weighted by Crippen LogP contribution is 2.39. The second-order valence-electron chi connectivity index (χ2n) is 3.98. The van der Waals surface area contributed by atoms with Crippen molar-refractivity contribution in [3.05, 3.63) is 69.2 Å². The number of halogens is 5. The van der Waals surface area contributed by atoms with Gasteiger partial charge in [-0.05, 0) is 12.1 Å². The van der Waals surface area contributed by atoms with Crippen molar-refractivity contribution in [2.24, 2.45) is 0 Å². The first-order valence-electron chi connectivity index (χ1n) is 5.47. The summed E-state index contributed by atoms with van der Waals surface area (Å²) in [7, 11) is 0. The highest BCUT2D eigenvalue weighted by atomic mass is 35.5. The number of ketones is 1. The predicted octanol–water partition coefficient (Wildman–Crippen LogP) is 5.24. The van der Waals surface area contributed by atoms with E-state index in [0.29, 0.717) is 0 Å². The third-order valence-electron chi connectivity index (χ3n) is 2.66. The Morgan fingerprint density at radius 3 is 2.10 bits per heavy atom. The standard InChI is InChI=1S/C14H7Cl2F3O/c15-10-7-6-9(14(17,18)19)12(16)11(10)13(20)8-4-2-1-3-5-8/h1-7H. The van der Waals surface area contributed by atoms with Crippen LogP contribution < -0.4 is 0 Å². The lowest BCUT2D eigenvalue weighted by Crippen LogP contribution is -2.11. The van der Waals surface area contributed by atoms with Crippen LogP contribution in [0.25, 0.3) is 0 Å². The molecule has 0 fully saturated rings. The molecular formula is C14H7Cl2F3O. The van der Waals surface area contributed by atoms with Crippen LogP contribution in [0.4, 0.5) is 13.2 Å². The van der Waals surface area contributed by atoms with E-state index in [4.69, 9.17) is 23.2 Å². The van der Waals surface area contributed by atoms with Gasteiger partial charge in [0, 0.05) is 5.56 Å². The first kappa shape index (κ1) is 14.9. The van der Waals surface area contributed by atoms with E-state index in [1.165, 1.54) is 12.1 Å². The molecule has 0 aliphatic carbocycles. The zero-order valence-electron chi connectivity index (χ0n) is 9.84. The van der Waals surface area contributed by atoms with Crippen molar-refractivity contribution in [3.8, 4) is 0 Å². The Bertz CT molecular complexity index is 651. The fourth-order valence-corrected chi connectivity index (χ4v) is 2.36. The number of rotatable bonds is 2. The zero-order chi connectivity index (χ0) is 14.9. The highest BCUT2D eigenvalue weighted by Gasteiger charge is 2.35. The minimum absolute atomic E-state index is 0.114. The summed E-state index contributed by atoms with van der Waals surface area (Å²) in [6, 6.07) is 9.63. The van der Waals surface area contributed by atoms with Crippen LogP contribution in [0, 0.1) is 0 Å². The Hall–Kier alpha value is -1.52. The Balaban J connectivity index is 2.60. The molecule has 0 saturated heterocycles. The van der Waals surface area contributed by atoms with Crippen LogP contribution in [0.1, 0.15) is 21.5 Å². The van der Waals surface area contributed by atoms with Gasteiger partial charge in [0.25, 0.3) is 0 Å². The fourth-order valence-electron chi connectivity index (χ4n) is 1.71. The van der Waals surface area contributed by atoms with Gasteiger partial charge in [-0.25, -0.2) is 0 Å². The molecule has 0 saturated carbocycles. The van der Waals surface area contributed by atoms with E-state index in [-0.39, 0.29) is 16.1 Å². The predicted molar refractivity (Wildman–Crippen MR) is 71.3 cm³/mol. The summed E-state index contributed by atoms with van der Waals surface area (Å²) in [5, 5.41) is -0.796. The normalized spacial score (nSPS) is 11.4. The molecule has 2 aromatic carbocycles. The molecule has 0 radical (unpaired) electrons. The van der Waals surface area contributed by atoms with Gasteiger partial charge in [0.1, 0.15) is 0 Å². The van der Waals surface area contributed by atoms with Gasteiger partial charge in [0.15, 0.2) is 5.78 Å². The van der Waals surface area contributed by atoms with Crippen molar-refractivity contribution in [2.75, 3.05) is 0 Å².